The summed E-state index contributed by atoms with van der Waals surface area (Å²) in [6.45, 7) is 0.320. The zero-order chi connectivity index (χ0) is 10.1. The molecule has 3 nitrogen and oxygen atoms in total. The van der Waals surface area contributed by atoms with Crippen LogP contribution in [0.15, 0.2) is 12.1 Å². The standard InChI is InChI=1S/C10H6ClNO2/c11-7-2-1-6(5-12)10-9(7)8(13)3-4-14-10/h1-2H,3-4H2. The van der Waals surface area contributed by atoms with E-state index in [2.05, 4.69) is 0 Å². The van der Waals surface area contributed by atoms with Gasteiger partial charge in [0.05, 0.1) is 22.8 Å². The van der Waals surface area contributed by atoms with Crippen LogP contribution in [0.1, 0.15) is 22.3 Å². The van der Waals surface area contributed by atoms with Gasteiger partial charge in [0.25, 0.3) is 0 Å². The number of benzene rings is 1. The normalized spacial score (nSPS) is 14.1. The number of rotatable bonds is 0. The highest BCUT2D eigenvalue weighted by Gasteiger charge is 2.24. The molecule has 1 aliphatic heterocycles. The topological polar surface area (TPSA) is 50.1 Å². The van der Waals surface area contributed by atoms with Crippen LogP contribution in [-0.2, 0) is 0 Å². The molecule has 0 saturated heterocycles. The van der Waals surface area contributed by atoms with Gasteiger partial charge in [-0.25, -0.2) is 0 Å². The Kier molecular flexibility index (Phi) is 2.14. The Morgan fingerprint density at radius 1 is 1.50 bits per heavy atom. The van der Waals surface area contributed by atoms with Crippen molar-refractivity contribution in [1.29, 1.82) is 5.26 Å². The molecule has 2 rings (SSSR count). The average molecular weight is 208 g/mol. The number of Topliss-reactive ketones (excluding diaryl/α,β-unsaturated/α-hetero) is 1. The summed E-state index contributed by atoms with van der Waals surface area (Å²) in [5.74, 6) is 0.268. The SMILES string of the molecule is N#Cc1ccc(Cl)c2c1OCCC2=O. The summed E-state index contributed by atoms with van der Waals surface area (Å²) in [5.41, 5.74) is 0.703. The predicted octanol–water partition coefficient (Wildman–Crippen LogP) is 2.18. The summed E-state index contributed by atoms with van der Waals surface area (Å²) < 4.78 is 5.27. The number of nitrogens with zero attached hydrogens (tertiary/aromatic N) is 1. The number of fused-ring (bicyclic) bond motifs is 1. The van der Waals surface area contributed by atoms with Gasteiger partial charge >= 0.3 is 0 Å². The Hall–Kier alpha value is -1.53. The molecule has 0 amide bonds. The number of carbonyl (C=O) groups is 1. The number of ether oxygens (including phenoxy) is 1. The van der Waals surface area contributed by atoms with E-state index < -0.39 is 0 Å². The molecule has 1 aromatic carbocycles. The number of carbonyl (C=O) groups excluding carboxylic acids is 1. The van der Waals surface area contributed by atoms with E-state index >= 15 is 0 Å². The zero-order valence-electron chi connectivity index (χ0n) is 7.21. The third-order valence-corrected chi connectivity index (χ3v) is 2.40. The smallest absolute Gasteiger partial charge is 0.171 e. The van der Waals surface area contributed by atoms with Crippen LogP contribution in [0.4, 0.5) is 0 Å². The Bertz CT molecular complexity index is 448. The van der Waals surface area contributed by atoms with Gasteiger partial charge in [0.1, 0.15) is 11.8 Å². The quantitative estimate of drug-likeness (QED) is 0.655. The van der Waals surface area contributed by atoms with Crippen molar-refractivity contribution < 1.29 is 9.53 Å². The van der Waals surface area contributed by atoms with Crippen LogP contribution < -0.4 is 4.74 Å². The lowest BCUT2D eigenvalue weighted by Gasteiger charge is -2.17. The van der Waals surface area contributed by atoms with Crippen LogP contribution in [0.5, 0.6) is 5.75 Å². The summed E-state index contributed by atoms with van der Waals surface area (Å²) in [6, 6.07) is 5.07. The van der Waals surface area contributed by atoms with Crippen LogP contribution >= 0.6 is 11.6 Å². The molecule has 0 aromatic heterocycles. The van der Waals surface area contributed by atoms with Gasteiger partial charge in [0, 0.05) is 6.42 Å². The van der Waals surface area contributed by atoms with Gasteiger partial charge in [-0.2, -0.15) is 5.26 Å². The van der Waals surface area contributed by atoms with Crippen LogP contribution in [0.3, 0.4) is 0 Å². The maximum Gasteiger partial charge on any atom is 0.171 e. The summed E-state index contributed by atoms with van der Waals surface area (Å²) in [4.78, 5) is 11.5. The van der Waals surface area contributed by atoms with Crippen LogP contribution in [0.2, 0.25) is 5.02 Å². The fourth-order valence-electron chi connectivity index (χ4n) is 1.43. The molecule has 0 spiro atoms. The first kappa shape index (κ1) is 9.04. The van der Waals surface area contributed by atoms with Crippen LogP contribution in [-0.4, -0.2) is 12.4 Å². The molecule has 4 heteroatoms. The first-order chi connectivity index (χ1) is 6.74. The fraction of sp³-hybridized carbons (Fsp3) is 0.200. The molecule has 0 atom stereocenters. The largest absolute Gasteiger partial charge is 0.491 e. The van der Waals surface area contributed by atoms with E-state index in [-0.39, 0.29) is 5.78 Å². The minimum atomic E-state index is -0.0617. The molecule has 0 saturated carbocycles. The zero-order valence-corrected chi connectivity index (χ0v) is 7.97. The first-order valence-electron chi connectivity index (χ1n) is 4.12. The Morgan fingerprint density at radius 2 is 2.29 bits per heavy atom. The molecule has 1 aliphatic rings. The lowest BCUT2D eigenvalue weighted by Crippen LogP contribution is -2.16. The van der Waals surface area contributed by atoms with Crippen molar-refractivity contribution in [3.8, 4) is 11.8 Å². The number of halogens is 1. The van der Waals surface area contributed by atoms with Gasteiger partial charge in [-0.3, -0.25) is 4.79 Å². The number of hydrogen-bond acceptors (Lipinski definition) is 3. The molecule has 70 valence electrons. The van der Waals surface area contributed by atoms with E-state index in [1.807, 2.05) is 6.07 Å². The first-order valence-corrected chi connectivity index (χ1v) is 4.50. The highest BCUT2D eigenvalue weighted by atomic mass is 35.5. The summed E-state index contributed by atoms with van der Waals surface area (Å²) in [6.07, 6.45) is 0.321. The van der Waals surface area contributed by atoms with Gasteiger partial charge in [-0.05, 0) is 12.1 Å². The number of hydrogen-bond donors (Lipinski definition) is 0. The van der Waals surface area contributed by atoms with Gasteiger partial charge in [-0.15, -0.1) is 0 Å². The summed E-state index contributed by atoms with van der Waals surface area (Å²) in [5, 5.41) is 9.14. The molecule has 0 fully saturated rings. The number of nitriles is 1. The van der Waals surface area contributed by atoms with E-state index in [0.717, 1.165) is 0 Å². The second-order valence-electron chi connectivity index (χ2n) is 2.93. The molecular formula is C10H6ClNO2. The van der Waals surface area contributed by atoms with Crippen LogP contribution in [0, 0.1) is 11.3 Å². The van der Waals surface area contributed by atoms with Crippen molar-refractivity contribution in [2.75, 3.05) is 6.61 Å². The van der Waals surface area contributed by atoms with E-state index in [1.165, 1.54) is 0 Å². The Balaban J connectivity index is 2.71. The molecule has 0 bridgehead atoms. The lowest BCUT2D eigenvalue weighted by molar-refractivity contribution is 0.0933. The van der Waals surface area contributed by atoms with Gasteiger partial charge in [0.2, 0.25) is 0 Å². The van der Waals surface area contributed by atoms with Crippen molar-refractivity contribution in [3.63, 3.8) is 0 Å². The van der Waals surface area contributed by atoms with E-state index in [1.54, 1.807) is 12.1 Å². The molecule has 0 radical (unpaired) electrons. The second-order valence-corrected chi connectivity index (χ2v) is 3.34. The third-order valence-electron chi connectivity index (χ3n) is 2.08. The number of ketones is 1. The molecule has 14 heavy (non-hydrogen) atoms. The maximum absolute atomic E-state index is 11.5. The van der Waals surface area contributed by atoms with Crippen molar-refractivity contribution >= 4 is 17.4 Å². The van der Waals surface area contributed by atoms with Crippen molar-refractivity contribution in [1.82, 2.24) is 0 Å². The highest BCUT2D eigenvalue weighted by molar-refractivity contribution is 6.34. The second kappa shape index (κ2) is 3.32. The predicted molar refractivity (Wildman–Crippen MR) is 50.6 cm³/mol. The van der Waals surface area contributed by atoms with E-state index in [4.69, 9.17) is 21.6 Å². The molecule has 0 aliphatic carbocycles. The van der Waals surface area contributed by atoms with Crippen LogP contribution in [0.25, 0.3) is 0 Å². The van der Waals surface area contributed by atoms with Gasteiger partial charge < -0.3 is 4.74 Å². The Labute approximate surface area is 85.9 Å². The molecule has 1 heterocycles. The maximum atomic E-state index is 11.5. The van der Waals surface area contributed by atoms with E-state index in [0.29, 0.717) is 34.9 Å². The minimum Gasteiger partial charge on any atom is -0.491 e. The fourth-order valence-corrected chi connectivity index (χ4v) is 1.68. The third kappa shape index (κ3) is 1.24. The molecule has 0 N–H and O–H groups in total. The van der Waals surface area contributed by atoms with Crippen molar-refractivity contribution in [2.45, 2.75) is 6.42 Å². The summed E-state index contributed by atoms with van der Waals surface area (Å²) in [7, 11) is 0. The van der Waals surface area contributed by atoms with E-state index in [9.17, 15) is 4.79 Å². The lowest BCUT2D eigenvalue weighted by atomic mass is 10.0. The van der Waals surface area contributed by atoms with Crippen molar-refractivity contribution in [2.24, 2.45) is 0 Å². The van der Waals surface area contributed by atoms with Crippen molar-refractivity contribution in [3.05, 3.63) is 28.3 Å². The average Bonchev–Trinajstić information content (AvgIpc) is 2.18. The molecule has 1 aromatic rings. The molecule has 0 unspecified atom stereocenters. The highest BCUT2D eigenvalue weighted by Crippen LogP contribution is 2.33. The monoisotopic (exact) mass is 207 g/mol. The molecular weight excluding hydrogens is 202 g/mol. The van der Waals surface area contributed by atoms with Gasteiger partial charge in [0.15, 0.2) is 5.78 Å². The van der Waals surface area contributed by atoms with Gasteiger partial charge in [-0.1, -0.05) is 11.6 Å². The summed E-state index contributed by atoms with van der Waals surface area (Å²) >= 11 is 5.86. The Morgan fingerprint density at radius 3 is 3.00 bits per heavy atom. The minimum absolute atomic E-state index is 0.0617.